The standard InChI is InChI=1S/C18H21NO4/c20-17(23-16-3-1-2-15(7-16)19(21)22)11-18-8-12-4-13(9-18)6-14(5-12)10-18/h1-3,7,12-14H,4-6,8-11H2. The van der Waals surface area contributed by atoms with Crippen molar-refractivity contribution in [1.82, 2.24) is 0 Å². The van der Waals surface area contributed by atoms with Crippen molar-refractivity contribution in [2.24, 2.45) is 23.2 Å². The van der Waals surface area contributed by atoms with Crippen molar-refractivity contribution >= 4 is 11.7 Å². The summed E-state index contributed by atoms with van der Waals surface area (Å²) in [7, 11) is 0. The summed E-state index contributed by atoms with van der Waals surface area (Å²) in [6, 6.07) is 5.87. The van der Waals surface area contributed by atoms with E-state index in [2.05, 4.69) is 0 Å². The zero-order chi connectivity index (χ0) is 16.0. The van der Waals surface area contributed by atoms with Gasteiger partial charge in [-0.25, -0.2) is 0 Å². The lowest BCUT2D eigenvalue weighted by Gasteiger charge is -2.56. The lowest BCUT2D eigenvalue weighted by molar-refractivity contribution is -0.384. The van der Waals surface area contributed by atoms with E-state index in [0.717, 1.165) is 37.0 Å². The molecule has 0 amide bonds. The molecule has 4 aliphatic carbocycles. The summed E-state index contributed by atoms with van der Waals surface area (Å²) < 4.78 is 5.40. The van der Waals surface area contributed by atoms with E-state index in [0.29, 0.717) is 6.42 Å². The molecule has 0 spiro atoms. The van der Waals surface area contributed by atoms with Crippen molar-refractivity contribution in [3.05, 3.63) is 34.4 Å². The van der Waals surface area contributed by atoms with Crippen molar-refractivity contribution in [2.75, 3.05) is 0 Å². The molecule has 0 radical (unpaired) electrons. The van der Waals surface area contributed by atoms with Gasteiger partial charge in [-0.15, -0.1) is 0 Å². The predicted molar refractivity (Wildman–Crippen MR) is 84.0 cm³/mol. The maximum atomic E-state index is 12.4. The first kappa shape index (κ1) is 14.7. The minimum Gasteiger partial charge on any atom is -0.426 e. The maximum Gasteiger partial charge on any atom is 0.311 e. The van der Waals surface area contributed by atoms with Crippen LogP contribution in [-0.4, -0.2) is 10.9 Å². The van der Waals surface area contributed by atoms with Gasteiger partial charge < -0.3 is 4.74 Å². The third kappa shape index (κ3) is 2.84. The molecular formula is C18H21NO4. The number of hydrogen-bond acceptors (Lipinski definition) is 4. The van der Waals surface area contributed by atoms with Crippen molar-refractivity contribution in [1.29, 1.82) is 0 Å². The number of esters is 1. The van der Waals surface area contributed by atoms with E-state index in [-0.39, 0.29) is 22.8 Å². The Morgan fingerprint density at radius 1 is 1.17 bits per heavy atom. The van der Waals surface area contributed by atoms with Gasteiger partial charge in [0.25, 0.3) is 5.69 Å². The van der Waals surface area contributed by atoms with Gasteiger partial charge in [0.05, 0.1) is 17.4 Å². The highest BCUT2D eigenvalue weighted by atomic mass is 16.6. The Balaban J connectivity index is 1.44. The molecular weight excluding hydrogens is 294 g/mol. The molecule has 5 nitrogen and oxygen atoms in total. The molecule has 0 atom stereocenters. The second-order valence-corrected chi connectivity index (χ2v) is 7.82. The van der Waals surface area contributed by atoms with Gasteiger partial charge >= 0.3 is 5.97 Å². The largest absolute Gasteiger partial charge is 0.426 e. The minimum atomic E-state index is -0.476. The van der Waals surface area contributed by atoms with E-state index in [9.17, 15) is 14.9 Å². The average molecular weight is 315 g/mol. The molecule has 4 bridgehead atoms. The molecule has 4 saturated carbocycles. The molecule has 0 aliphatic heterocycles. The molecule has 5 heteroatoms. The lowest BCUT2D eigenvalue weighted by atomic mass is 9.49. The van der Waals surface area contributed by atoms with Crippen LogP contribution < -0.4 is 4.74 Å². The van der Waals surface area contributed by atoms with E-state index >= 15 is 0 Å². The van der Waals surface area contributed by atoms with Gasteiger partial charge in [-0.1, -0.05) is 6.07 Å². The van der Waals surface area contributed by atoms with E-state index in [1.807, 2.05) is 0 Å². The fourth-order valence-electron chi connectivity index (χ4n) is 5.64. The summed E-state index contributed by atoms with van der Waals surface area (Å²) >= 11 is 0. The fraction of sp³-hybridized carbons (Fsp3) is 0.611. The van der Waals surface area contributed by atoms with E-state index in [1.54, 1.807) is 12.1 Å². The number of non-ortho nitro benzene ring substituents is 1. The number of rotatable bonds is 4. The summed E-state index contributed by atoms with van der Waals surface area (Å²) in [5.41, 5.74) is 0.0807. The van der Waals surface area contributed by atoms with Crippen LogP contribution >= 0.6 is 0 Å². The molecule has 0 unspecified atom stereocenters. The van der Waals surface area contributed by atoms with Crippen LogP contribution in [0.2, 0.25) is 0 Å². The highest BCUT2D eigenvalue weighted by molar-refractivity contribution is 5.73. The molecule has 1 aromatic rings. The summed E-state index contributed by atoms with van der Waals surface area (Å²) in [4.78, 5) is 22.7. The first-order chi connectivity index (χ1) is 11.0. The summed E-state index contributed by atoms with van der Waals surface area (Å²) in [6.45, 7) is 0. The molecule has 1 aromatic carbocycles. The Kier molecular flexibility index (Phi) is 3.39. The van der Waals surface area contributed by atoms with Gasteiger partial charge in [0.1, 0.15) is 5.75 Å². The molecule has 0 N–H and O–H groups in total. The normalized spacial score (nSPS) is 34.3. The second kappa shape index (κ2) is 5.32. The Hall–Kier alpha value is -1.91. The average Bonchev–Trinajstić information content (AvgIpc) is 2.45. The van der Waals surface area contributed by atoms with Crippen molar-refractivity contribution < 1.29 is 14.5 Å². The number of carbonyl (C=O) groups excluding carboxylic acids is 1. The first-order valence-electron chi connectivity index (χ1n) is 8.46. The van der Waals surface area contributed by atoms with Crippen molar-refractivity contribution in [3.8, 4) is 5.75 Å². The molecule has 0 aromatic heterocycles. The number of hydrogen-bond donors (Lipinski definition) is 0. The number of nitro groups is 1. The summed E-state index contributed by atoms with van der Waals surface area (Å²) in [6.07, 6.45) is 7.96. The third-order valence-corrected chi connectivity index (χ3v) is 5.94. The monoisotopic (exact) mass is 315 g/mol. The van der Waals surface area contributed by atoms with Gasteiger partial charge in [-0.05, 0) is 67.8 Å². The van der Waals surface area contributed by atoms with Gasteiger partial charge in [0, 0.05) is 6.07 Å². The maximum absolute atomic E-state index is 12.4. The molecule has 0 heterocycles. The topological polar surface area (TPSA) is 69.4 Å². The lowest BCUT2D eigenvalue weighted by Crippen LogP contribution is -2.47. The summed E-state index contributed by atoms with van der Waals surface area (Å²) in [5, 5.41) is 10.8. The zero-order valence-corrected chi connectivity index (χ0v) is 13.1. The molecule has 23 heavy (non-hydrogen) atoms. The SMILES string of the molecule is O=C(CC12CC3CC(CC(C3)C1)C2)Oc1cccc([N+](=O)[O-])c1. The van der Waals surface area contributed by atoms with Crippen LogP contribution in [0.15, 0.2) is 24.3 Å². The predicted octanol–water partition coefficient (Wildman–Crippen LogP) is 4.11. The zero-order valence-electron chi connectivity index (χ0n) is 13.1. The minimum absolute atomic E-state index is 0.0508. The Morgan fingerprint density at radius 3 is 2.35 bits per heavy atom. The van der Waals surface area contributed by atoms with E-state index in [1.165, 1.54) is 31.4 Å². The first-order valence-corrected chi connectivity index (χ1v) is 8.46. The van der Waals surface area contributed by atoms with Crippen molar-refractivity contribution in [3.63, 3.8) is 0 Å². The van der Waals surface area contributed by atoms with Gasteiger partial charge in [-0.2, -0.15) is 0 Å². The van der Waals surface area contributed by atoms with E-state index < -0.39 is 4.92 Å². The van der Waals surface area contributed by atoms with E-state index in [4.69, 9.17) is 4.74 Å². The second-order valence-electron chi connectivity index (χ2n) is 7.82. The number of ether oxygens (including phenoxy) is 1. The Bertz CT molecular complexity index is 619. The van der Waals surface area contributed by atoms with Crippen molar-refractivity contribution in [2.45, 2.75) is 44.9 Å². The molecule has 4 fully saturated rings. The van der Waals surface area contributed by atoms with Crippen LogP contribution in [0, 0.1) is 33.3 Å². The molecule has 0 saturated heterocycles. The van der Waals surface area contributed by atoms with Crippen LogP contribution in [0.5, 0.6) is 5.75 Å². The van der Waals surface area contributed by atoms with Crippen LogP contribution in [0.3, 0.4) is 0 Å². The highest BCUT2D eigenvalue weighted by Crippen LogP contribution is 2.61. The highest BCUT2D eigenvalue weighted by Gasteiger charge is 2.51. The van der Waals surface area contributed by atoms with Gasteiger partial charge in [0.2, 0.25) is 0 Å². The third-order valence-electron chi connectivity index (χ3n) is 5.94. The van der Waals surface area contributed by atoms with Crippen LogP contribution in [0.25, 0.3) is 0 Å². The number of benzene rings is 1. The molecule has 4 aliphatic rings. The Labute approximate surface area is 135 Å². The fourth-order valence-corrected chi connectivity index (χ4v) is 5.64. The smallest absolute Gasteiger partial charge is 0.311 e. The number of nitro benzene ring substituents is 1. The van der Waals surface area contributed by atoms with Crippen LogP contribution in [0.1, 0.15) is 44.9 Å². The number of nitrogens with zero attached hydrogens (tertiary/aromatic N) is 1. The number of carbonyl (C=O) groups is 1. The van der Waals surface area contributed by atoms with Crippen LogP contribution in [0.4, 0.5) is 5.69 Å². The quantitative estimate of drug-likeness (QED) is 0.363. The van der Waals surface area contributed by atoms with Gasteiger partial charge in [0.15, 0.2) is 0 Å². The Morgan fingerprint density at radius 2 is 1.78 bits per heavy atom. The molecule has 5 rings (SSSR count). The van der Waals surface area contributed by atoms with Gasteiger partial charge in [-0.3, -0.25) is 14.9 Å². The van der Waals surface area contributed by atoms with Crippen LogP contribution in [-0.2, 0) is 4.79 Å². The summed E-state index contributed by atoms with van der Waals surface area (Å²) in [5.74, 6) is 2.42. The molecule has 122 valence electrons.